The Balaban J connectivity index is 1.35. The number of hydrogen-bond donors (Lipinski definition) is 0. The van der Waals surface area contributed by atoms with E-state index in [0.29, 0.717) is 11.6 Å². The van der Waals surface area contributed by atoms with Crippen LogP contribution >= 0.6 is 11.6 Å². The summed E-state index contributed by atoms with van der Waals surface area (Å²) in [7, 11) is 0. The van der Waals surface area contributed by atoms with E-state index < -0.39 is 0 Å². The fraction of sp³-hybridized carbons (Fsp3) is 0.250. The number of rotatable bonds is 10. The molecule has 3 aromatic carbocycles. The second-order valence-corrected chi connectivity index (χ2v) is 8.79. The molecular weight excluding hydrogens is 448 g/mol. The summed E-state index contributed by atoms with van der Waals surface area (Å²) >= 11 is 5.96. The number of aryl methyl sites for hydroxylation is 1. The molecule has 1 aliphatic rings. The summed E-state index contributed by atoms with van der Waals surface area (Å²) in [5.41, 5.74) is 3.07. The lowest BCUT2D eigenvalue weighted by atomic mass is 10.1. The topological polar surface area (TPSA) is 48.8 Å². The molecule has 1 aromatic heterocycles. The highest BCUT2D eigenvalue weighted by Gasteiger charge is 2.23. The maximum atomic E-state index is 5.96. The molecule has 1 atom stereocenters. The molecule has 1 saturated heterocycles. The van der Waals surface area contributed by atoms with Gasteiger partial charge in [-0.3, -0.25) is 0 Å². The van der Waals surface area contributed by atoms with E-state index in [1.165, 1.54) is 0 Å². The van der Waals surface area contributed by atoms with Gasteiger partial charge < -0.3 is 18.8 Å². The molecule has 0 saturated carbocycles. The standard InChI is InChI=1S/C28H27ClN2O3/c1-2-3-4-28-30-27(20-5-11-23(12-6-20)32-18-26-19-33-26)17-31(28)22-9-15-25(16-10-22)34-24-13-7-21(29)8-14-24/h5-17,26H,2-4,18-19H2,1H3. The van der Waals surface area contributed by atoms with Gasteiger partial charge in [0, 0.05) is 28.9 Å². The van der Waals surface area contributed by atoms with Crippen molar-refractivity contribution < 1.29 is 14.2 Å². The van der Waals surface area contributed by atoms with Crippen LogP contribution in [0.3, 0.4) is 0 Å². The van der Waals surface area contributed by atoms with Crippen molar-refractivity contribution in [2.24, 2.45) is 0 Å². The quantitative estimate of drug-likeness (QED) is 0.230. The summed E-state index contributed by atoms with van der Waals surface area (Å²) in [4.78, 5) is 4.97. The van der Waals surface area contributed by atoms with Crippen molar-refractivity contribution in [3.05, 3.63) is 89.8 Å². The van der Waals surface area contributed by atoms with Crippen LogP contribution in [0.5, 0.6) is 17.2 Å². The Morgan fingerprint density at radius 2 is 1.59 bits per heavy atom. The Labute approximate surface area is 204 Å². The first kappa shape index (κ1) is 22.5. The van der Waals surface area contributed by atoms with Gasteiger partial charge in [0.15, 0.2) is 0 Å². The monoisotopic (exact) mass is 474 g/mol. The molecule has 2 heterocycles. The largest absolute Gasteiger partial charge is 0.491 e. The van der Waals surface area contributed by atoms with Crippen LogP contribution in [0.25, 0.3) is 16.9 Å². The van der Waals surface area contributed by atoms with Crippen molar-refractivity contribution in [3.8, 4) is 34.2 Å². The average molecular weight is 475 g/mol. The van der Waals surface area contributed by atoms with Gasteiger partial charge in [-0.05, 0) is 79.2 Å². The third kappa shape index (κ3) is 5.61. The highest BCUT2D eigenvalue weighted by atomic mass is 35.5. The number of unbranched alkanes of at least 4 members (excludes halogenated alkanes) is 1. The number of nitrogens with zero attached hydrogens (tertiary/aromatic N) is 2. The fourth-order valence-electron chi connectivity index (χ4n) is 3.68. The second-order valence-electron chi connectivity index (χ2n) is 8.36. The van der Waals surface area contributed by atoms with Gasteiger partial charge in [0.1, 0.15) is 35.8 Å². The molecule has 0 spiro atoms. The van der Waals surface area contributed by atoms with Crippen molar-refractivity contribution in [3.63, 3.8) is 0 Å². The van der Waals surface area contributed by atoms with E-state index in [9.17, 15) is 0 Å². The van der Waals surface area contributed by atoms with Crippen LogP contribution in [-0.2, 0) is 11.2 Å². The summed E-state index contributed by atoms with van der Waals surface area (Å²) in [5.74, 6) is 3.42. The van der Waals surface area contributed by atoms with E-state index in [-0.39, 0.29) is 6.10 Å². The predicted molar refractivity (Wildman–Crippen MR) is 134 cm³/mol. The molecule has 0 amide bonds. The van der Waals surface area contributed by atoms with Crippen LogP contribution in [0.1, 0.15) is 25.6 Å². The smallest absolute Gasteiger partial charge is 0.127 e. The number of imidazole rings is 1. The van der Waals surface area contributed by atoms with Crippen LogP contribution < -0.4 is 9.47 Å². The van der Waals surface area contributed by atoms with Crippen LogP contribution in [0.2, 0.25) is 5.02 Å². The highest BCUT2D eigenvalue weighted by molar-refractivity contribution is 6.30. The number of hydrogen-bond acceptors (Lipinski definition) is 4. The van der Waals surface area contributed by atoms with Gasteiger partial charge in [0.25, 0.3) is 0 Å². The third-order valence-corrected chi connectivity index (χ3v) is 5.94. The van der Waals surface area contributed by atoms with E-state index in [2.05, 4.69) is 42.0 Å². The Bertz CT molecular complexity index is 1210. The van der Waals surface area contributed by atoms with Crippen LogP contribution in [0.4, 0.5) is 0 Å². The number of benzene rings is 3. The Morgan fingerprint density at radius 1 is 0.941 bits per heavy atom. The number of ether oxygens (including phenoxy) is 3. The zero-order valence-corrected chi connectivity index (χ0v) is 19.9. The van der Waals surface area contributed by atoms with Gasteiger partial charge >= 0.3 is 0 Å². The van der Waals surface area contributed by atoms with Crippen molar-refractivity contribution in [1.82, 2.24) is 9.55 Å². The SMILES string of the molecule is CCCCc1nc(-c2ccc(OCC3CO3)cc2)cn1-c1ccc(Oc2ccc(Cl)cc2)cc1. The Hall–Kier alpha value is -3.28. The zero-order valence-electron chi connectivity index (χ0n) is 19.1. The Kier molecular flexibility index (Phi) is 6.84. The molecule has 1 fully saturated rings. The van der Waals surface area contributed by atoms with Crippen molar-refractivity contribution in [1.29, 1.82) is 0 Å². The van der Waals surface area contributed by atoms with Gasteiger partial charge in [0.2, 0.25) is 0 Å². The molecule has 4 aromatic rings. The van der Waals surface area contributed by atoms with Crippen molar-refractivity contribution >= 4 is 11.6 Å². The minimum absolute atomic E-state index is 0.250. The second kappa shape index (κ2) is 10.3. The first-order valence-corrected chi connectivity index (χ1v) is 12.0. The molecule has 0 bridgehead atoms. The third-order valence-electron chi connectivity index (χ3n) is 5.69. The van der Waals surface area contributed by atoms with Gasteiger partial charge in [-0.15, -0.1) is 0 Å². The van der Waals surface area contributed by atoms with Crippen LogP contribution in [-0.4, -0.2) is 28.9 Å². The van der Waals surface area contributed by atoms with E-state index in [1.807, 2.05) is 48.5 Å². The number of halogens is 1. The lowest BCUT2D eigenvalue weighted by molar-refractivity contribution is 0.263. The zero-order chi connectivity index (χ0) is 23.3. The molecule has 0 aliphatic carbocycles. The van der Waals surface area contributed by atoms with Gasteiger partial charge in [-0.2, -0.15) is 0 Å². The normalized spacial score (nSPS) is 14.7. The maximum absolute atomic E-state index is 5.96. The van der Waals surface area contributed by atoms with Crippen LogP contribution in [0.15, 0.2) is 79.0 Å². The maximum Gasteiger partial charge on any atom is 0.127 e. The molecule has 5 nitrogen and oxygen atoms in total. The molecule has 1 unspecified atom stereocenters. The molecule has 6 heteroatoms. The summed E-state index contributed by atoms with van der Waals surface area (Å²) < 4.78 is 19.1. The summed E-state index contributed by atoms with van der Waals surface area (Å²) in [6.07, 6.45) is 5.48. The average Bonchev–Trinajstić information content (AvgIpc) is 3.61. The lowest BCUT2D eigenvalue weighted by Gasteiger charge is -2.10. The highest BCUT2D eigenvalue weighted by Crippen LogP contribution is 2.28. The van der Waals surface area contributed by atoms with Crippen molar-refractivity contribution in [2.45, 2.75) is 32.3 Å². The van der Waals surface area contributed by atoms with E-state index in [0.717, 1.165) is 65.9 Å². The summed E-state index contributed by atoms with van der Waals surface area (Å²) in [6.45, 7) is 3.60. The number of epoxide rings is 1. The van der Waals surface area contributed by atoms with Crippen LogP contribution in [0, 0.1) is 0 Å². The van der Waals surface area contributed by atoms with E-state index in [1.54, 1.807) is 0 Å². The van der Waals surface area contributed by atoms with Crippen molar-refractivity contribution in [2.75, 3.05) is 13.2 Å². The fourth-order valence-corrected chi connectivity index (χ4v) is 3.81. The minimum atomic E-state index is 0.250. The summed E-state index contributed by atoms with van der Waals surface area (Å²) in [5, 5.41) is 0.688. The minimum Gasteiger partial charge on any atom is -0.491 e. The van der Waals surface area contributed by atoms with Gasteiger partial charge in [-0.25, -0.2) is 4.98 Å². The molecule has 34 heavy (non-hydrogen) atoms. The predicted octanol–water partition coefficient (Wildman–Crippen LogP) is 7.11. The van der Waals surface area contributed by atoms with Gasteiger partial charge in [0.05, 0.1) is 12.3 Å². The molecular formula is C28H27ClN2O3. The first-order chi connectivity index (χ1) is 16.7. The number of aromatic nitrogens is 2. The molecule has 174 valence electrons. The summed E-state index contributed by atoms with van der Waals surface area (Å²) in [6, 6.07) is 23.5. The molecule has 1 aliphatic heterocycles. The van der Waals surface area contributed by atoms with Gasteiger partial charge in [-0.1, -0.05) is 24.9 Å². The molecule has 5 rings (SSSR count). The Morgan fingerprint density at radius 3 is 2.24 bits per heavy atom. The molecule has 0 N–H and O–H groups in total. The lowest BCUT2D eigenvalue weighted by Crippen LogP contribution is -2.03. The molecule has 0 radical (unpaired) electrons. The van der Waals surface area contributed by atoms with E-state index in [4.69, 9.17) is 30.8 Å². The van der Waals surface area contributed by atoms with E-state index >= 15 is 0 Å². The first-order valence-electron chi connectivity index (χ1n) is 11.6.